The van der Waals surface area contributed by atoms with E-state index in [4.69, 9.17) is 18.6 Å². The van der Waals surface area contributed by atoms with Crippen molar-refractivity contribution in [3.05, 3.63) is 0 Å². The van der Waals surface area contributed by atoms with Gasteiger partial charge >= 0.3 is 0 Å². The monoisotopic (exact) mass is 175 g/mol. The second kappa shape index (κ2) is 6.87. The van der Waals surface area contributed by atoms with Crippen molar-refractivity contribution in [2.45, 2.75) is 13.8 Å². The van der Waals surface area contributed by atoms with Crippen LogP contribution in [0.4, 0.5) is 0 Å². The zero-order chi connectivity index (χ0) is 8.08. The predicted octanol–water partition coefficient (Wildman–Crippen LogP) is -3.78. The number of ketones is 1. The average molecular weight is 176 g/mol. The lowest BCUT2D eigenvalue weighted by molar-refractivity contribution is -2.00. The van der Waals surface area contributed by atoms with Gasteiger partial charge in [0.15, 0.2) is 0 Å². The van der Waals surface area contributed by atoms with Crippen molar-refractivity contribution in [1.82, 2.24) is 6.15 Å². The lowest BCUT2D eigenvalue weighted by Gasteiger charge is -2.17. The van der Waals surface area contributed by atoms with Crippen molar-refractivity contribution >= 4 is 5.78 Å². The Morgan fingerprint density at radius 3 is 1.10 bits per heavy atom. The van der Waals surface area contributed by atoms with Crippen LogP contribution in [0.1, 0.15) is 13.8 Å². The third-order valence-electron chi connectivity index (χ3n) is 0. The first-order valence-corrected chi connectivity index (χ1v) is 3.06. The summed E-state index contributed by atoms with van der Waals surface area (Å²) in [6, 6.07) is 0. The number of quaternary nitrogens is 1. The Kier molecular flexibility index (Phi) is 11.3. The Bertz CT molecular complexity index is 79.4. The van der Waals surface area contributed by atoms with Crippen molar-refractivity contribution in [3.8, 4) is 0 Å². The topological polar surface area (TPSA) is 146 Å². The van der Waals surface area contributed by atoms with Crippen molar-refractivity contribution in [3.63, 3.8) is 0 Å². The van der Waals surface area contributed by atoms with Gasteiger partial charge in [-0.2, -0.15) is 0 Å². The largest absolute Gasteiger partial charge is 0.369 e. The van der Waals surface area contributed by atoms with E-state index in [1.54, 1.807) is 0 Å². The molecule has 0 aliphatic heterocycles. The molecule has 0 radical (unpaired) electrons. The molecule has 6 nitrogen and oxygen atoms in total. The van der Waals surface area contributed by atoms with E-state index in [0.717, 1.165) is 0 Å². The molecule has 0 aliphatic rings. The molecule has 0 unspecified atom stereocenters. The van der Waals surface area contributed by atoms with Crippen LogP contribution < -0.4 is 24.8 Å². The maximum atomic E-state index is 9.44. The van der Waals surface area contributed by atoms with E-state index >= 15 is 0 Å². The molecule has 0 saturated heterocycles. The van der Waals surface area contributed by atoms with Crippen LogP contribution >= 0.6 is 0 Å². The first kappa shape index (κ1) is 16.4. The molecule has 64 valence electrons. The third kappa shape index (κ3) is 6160. The maximum absolute atomic E-state index is 9.44. The van der Waals surface area contributed by atoms with Gasteiger partial charge in [0.1, 0.15) is 5.78 Å². The Morgan fingerprint density at radius 2 is 1.10 bits per heavy atom. The van der Waals surface area contributed by atoms with Crippen LogP contribution in [0, 0.1) is 10.2 Å². The van der Waals surface area contributed by atoms with Crippen LogP contribution in [0.25, 0.3) is 0 Å². The van der Waals surface area contributed by atoms with Crippen LogP contribution in [-0.4, -0.2) is 5.78 Å². The number of carbonyl (C=O) groups excluding carboxylic acids is 1. The summed E-state index contributed by atoms with van der Waals surface area (Å²) in [4.78, 5) is 9.44. The smallest absolute Gasteiger partial charge is 0.126 e. The Balaban J connectivity index is -0.0000000910. The van der Waals surface area contributed by atoms with Gasteiger partial charge < -0.3 is 10.9 Å². The summed E-state index contributed by atoms with van der Waals surface area (Å²) in [6.45, 7) is 3.06. The molecule has 0 atom stereocenters. The highest BCUT2D eigenvalue weighted by atomic mass is 35.7. The Labute approximate surface area is 60.4 Å². The molecule has 4 N–H and O–H groups in total. The lowest BCUT2D eigenvalue weighted by Crippen LogP contribution is -2.68. The molecular formula is C3H10ClNO5. The normalized spacial score (nSPS) is 8.60. The standard InChI is InChI=1S/C3H6O.ClHO4.H3N/c1-3(2)4;2-1(3,4)5;/h1-2H3;(H,2,3,4,5);1H3. The SMILES string of the molecule is CC(C)=O.[NH4+].[O-][Cl+3]([O-])([O-])[O-]. The van der Waals surface area contributed by atoms with Gasteiger partial charge in [0.25, 0.3) is 0 Å². The first-order chi connectivity index (χ1) is 3.73. The van der Waals surface area contributed by atoms with Gasteiger partial charge in [-0.1, -0.05) is 0 Å². The molecule has 0 bridgehead atoms. The number of carbonyl (C=O) groups is 1. The summed E-state index contributed by atoms with van der Waals surface area (Å²) in [5.74, 6) is 0.167. The molecule has 0 fully saturated rings. The summed E-state index contributed by atoms with van der Waals surface area (Å²) in [6.07, 6.45) is 0. The van der Waals surface area contributed by atoms with E-state index in [2.05, 4.69) is 0 Å². The Hall–Kier alpha value is -0.240. The van der Waals surface area contributed by atoms with Crippen molar-refractivity contribution in [2.75, 3.05) is 0 Å². The molecular weight excluding hydrogens is 165 g/mol. The fourth-order valence-corrected chi connectivity index (χ4v) is 0. The van der Waals surface area contributed by atoms with E-state index in [0.29, 0.717) is 0 Å². The molecule has 10 heavy (non-hydrogen) atoms. The summed E-state index contributed by atoms with van der Waals surface area (Å²) < 4.78 is 34.0. The number of halogens is 1. The molecule has 0 amide bonds. The first-order valence-electron chi connectivity index (χ1n) is 1.82. The molecule has 0 aliphatic carbocycles. The van der Waals surface area contributed by atoms with E-state index in [-0.39, 0.29) is 11.9 Å². The van der Waals surface area contributed by atoms with Gasteiger partial charge in [-0.3, -0.25) is 0 Å². The van der Waals surface area contributed by atoms with Crippen LogP contribution in [-0.2, 0) is 4.79 Å². The molecule has 0 rings (SSSR count). The van der Waals surface area contributed by atoms with Crippen LogP contribution in [0.15, 0.2) is 0 Å². The number of Topliss-reactive ketones (excluding diaryl/α,β-unsaturated/α-hetero) is 1. The minimum atomic E-state index is -4.94. The Morgan fingerprint density at radius 1 is 1.10 bits per heavy atom. The van der Waals surface area contributed by atoms with Gasteiger partial charge in [0.05, 0.1) is 0 Å². The highest BCUT2D eigenvalue weighted by molar-refractivity contribution is 5.72. The summed E-state index contributed by atoms with van der Waals surface area (Å²) >= 11 is 0. The molecule has 0 aromatic carbocycles. The van der Waals surface area contributed by atoms with Crippen LogP contribution in [0.2, 0.25) is 0 Å². The summed E-state index contributed by atoms with van der Waals surface area (Å²) in [5, 5.41) is 0. The van der Waals surface area contributed by atoms with Gasteiger partial charge in [-0.05, 0) is 13.8 Å². The molecule has 0 spiro atoms. The van der Waals surface area contributed by atoms with Gasteiger partial charge in [-0.15, -0.1) is 10.2 Å². The fraction of sp³-hybridized carbons (Fsp3) is 0.667. The molecule has 0 saturated carbocycles. The quantitative estimate of drug-likeness (QED) is 0.401. The van der Waals surface area contributed by atoms with E-state index in [1.807, 2.05) is 0 Å². The van der Waals surface area contributed by atoms with E-state index in [9.17, 15) is 4.79 Å². The highest BCUT2D eigenvalue weighted by Gasteiger charge is 1.84. The third-order valence-corrected chi connectivity index (χ3v) is 0. The van der Waals surface area contributed by atoms with Gasteiger partial charge in [0.2, 0.25) is 0 Å². The molecule has 7 heteroatoms. The molecule has 0 heterocycles. The van der Waals surface area contributed by atoms with E-state index < -0.39 is 10.2 Å². The second-order valence-corrected chi connectivity index (χ2v) is 2.04. The van der Waals surface area contributed by atoms with Gasteiger partial charge in [0, 0.05) is 0 Å². The van der Waals surface area contributed by atoms with Crippen molar-refractivity contribution in [1.29, 1.82) is 0 Å². The molecule has 0 aromatic rings. The van der Waals surface area contributed by atoms with Crippen molar-refractivity contribution in [2.24, 2.45) is 0 Å². The van der Waals surface area contributed by atoms with Gasteiger partial charge in [-0.25, -0.2) is 18.6 Å². The zero-order valence-corrected chi connectivity index (χ0v) is 6.68. The minimum Gasteiger partial charge on any atom is -0.369 e. The zero-order valence-electron chi connectivity index (χ0n) is 5.92. The number of rotatable bonds is 0. The minimum absolute atomic E-state index is 0. The predicted molar refractivity (Wildman–Crippen MR) is 22.3 cm³/mol. The summed E-state index contributed by atoms with van der Waals surface area (Å²) in [5.41, 5.74) is 0. The summed E-state index contributed by atoms with van der Waals surface area (Å²) in [7, 11) is -4.94. The molecule has 0 aromatic heterocycles. The number of hydrogen-bond acceptors (Lipinski definition) is 5. The lowest BCUT2D eigenvalue weighted by atomic mass is 10.6. The van der Waals surface area contributed by atoms with Crippen LogP contribution in [0.5, 0.6) is 0 Å². The second-order valence-electron chi connectivity index (χ2n) is 1.29. The maximum Gasteiger partial charge on any atom is 0.126 e. The van der Waals surface area contributed by atoms with Crippen molar-refractivity contribution < 1.29 is 33.7 Å². The highest BCUT2D eigenvalue weighted by Crippen LogP contribution is 1.50. The average Bonchev–Trinajstić information content (AvgIpc) is 1.19. The fourth-order valence-electron chi connectivity index (χ4n) is 0. The van der Waals surface area contributed by atoms with E-state index in [1.165, 1.54) is 13.8 Å². The van der Waals surface area contributed by atoms with Crippen LogP contribution in [0.3, 0.4) is 0 Å². The number of hydrogen-bond donors (Lipinski definition) is 1.